The van der Waals surface area contributed by atoms with E-state index in [-0.39, 0.29) is 18.9 Å². The number of nitrogens with two attached hydrogens (primary N) is 1. The van der Waals surface area contributed by atoms with Gasteiger partial charge in [0.1, 0.15) is 11.8 Å². The smallest absolute Gasteiger partial charge is 0.256 e. The highest BCUT2D eigenvalue weighted by molar-refractivity contribution is 7.99. The summed E-state index contributed by atoms with van der Waals surface area (Å²) in [5, 5.41) is 12.2. The van der Waals surface area contributed by atoms with Crippen LogP contribution in [0.1, 0.15) is 22.3 Å². The number of ether oxygens (including phenoxy) is 1. The average Bonchev–Trinajstić information content (AvgIpc) is 2.75. The molecule has 0 aliphatic carbocycles. The number of rotatable bonds is 8. The number of nitriles is 1. The number of hydrogen-bond donors (Lipinski definition) is 2. The predicted octanol–water partition coefficient (Wildman–Crippen LogP) is 4.22. The number of primary amides is 1. The predicted molar refractivity (Wildman–Crippen MR) is 115 cm³/mol. The summed E-state index contributed by atoms with van der Waals surface area (Å²) >= 11 is 1.38. The number of hydrogen-bond acceptors (Lipinski definition) is 5. The Balaban J connectivity index is 1.70. The number of carbonyl (C=O) groups excluding carboxylic acids is 2. The molecule has 0 aliphatic heterocycles. The first-order valence-electron chi connectivity index (χ1n) is 9.15. The maximum absolute atomic E-state index is 12.8. The van der Waals surface area contributed by atoms with Crippen molar-refractivity contribution in [2.24, 2.45) is 5.73 Å². The van der Waals surface area contributed by atoms with Gasteiger partial charge in [-0.05, 0) is 48.5 Å². The lowest BCUT2D eigenvalue weighted by molar-refractivity contribution is -0.118. The fourth-order valence-electron chi connectivity index (χ4n) is 2.61. The van der Waals surface area contributed by atoms with Crippen molar-refractivity contribution in [2.75, 3.05) is 11.9 Å². The maximum atomic E-state index is 12.8. The van der Waals surface area contributed by atoms with Gasteiger partial charge in [-0.25, -0.2) is 0 Å². The van der Waals surface area contributed by atoms with E-state index < -0.39 is 5.91 Å². The Hall–Kier alpha value is -3.76. The van der Waals surface area contributed by atoms with Gasteiger partial charge >= 0.3 is 0 Å². The summed E-state index contributed by atoms with van der Waals surface area (Å²) < 4.78 is 5.43. The van der Waals surface area contributed by atoms with E-state index in [4.69, 9.17) is 10.5 Å². The van der Waals surface area contributed by atoms with Crippen LogP contribution in [0.2, 0.25) is 0 Å². The summed E-state index contributed by atoms with van der Waals surface area (Å²) in [6.45, 7) is 0.204. The quantitative estimate of drug-likeness (QED) is 0.571. The molecular formula is C23H19N3O3S. The topological polar surface area (TPSA) is 105 Å². The Morgan fingerprint density at radius 1 is 0.967 bits per heavy atom. The van der Waals surface area contributed by atoms with E-state index in [1.165, 1.54) is 11.8 Å². The Bertz CT molecular complexity index is 1090. The van der Waals surface area contributed by atoms with Crippen molar-refractivity contribution in [1.82, 2.24) is 0 Å². The summed E-state index contributed by atoms with van der Waals surface area (Å²) in [5.41, 5.74) is 6.77. The molecule has 3 aromatic rings. The first kappa shape index (κ1) is 21.0. The minimum Gasteiger partial charge on any atom is -0.493 e. The lowest BCUT2D eigenvalue weighted by atomic mass is 10.2. The lowest BCUT2D eigenvalue weighted by Gasteiger charge is -2.11. The summed E-state index contributed by atoms with van der Waals surface area (Å²) in [6.07, 6.45) is 0.141. The third-order valence-electron chi connectivity index (χ3n) is 4.09. The maximum Gasteiger partial charge on any atom is 0.256 e. The van der Waals surface area contributed by atoms with Crippen molar-refractivity contribution in [1.29, 1.82) is 5.26 Å². The number of anilines is 1. The summed E-state index contributed by atoms with van der Waals surface area (Å²) in [7, 11) is 0. The van der Waals surface area contributed by atoms with Crippen molar-refractivity contribution in [2.45, 2.75) is 16.2 Å². The van der Waals surface area contributed by atoms with Gasteiger partial charge in [0.2, 0.25) is 5.91 Å². The van der Waals surface area contributed by atoms with Crippen molar-refractivity contribution < 1.29 is 14.3 Å². The minimum absolute atomic E-state index is 0.141. The van der Waals surface area contributed by atoms with E-state index in [2.05, 4.69) is 11.4 Å². The normalized spacial score (nSPS) is 10.1. The van der Waals surface area contributed by atoms with E-state index in [1.807, 2.05) is 30.3 Å². The first-order chi connectivity index (χ1) is 14.6. The van der Waals surface area contributed by atoms with Gasteiger partial charge in [-0.2, -0.15) is 5.26 Å². The molecule has 0 atom stereocenters. The van der Waals surface area contributed by atoms with Crippen LogP contribution in [0.3, 0.4) is 0 Å². The van der Waals surface area contributed by atoms with Crippen LogP contribution >= 0.6 is 11.8 Å². The Morgan fingerprint density at radius 3 is 2.33 bits per heavy atom. The Kier molecular flexibility index (Phi) is 7.09. The van der Waals surface area contributed by atoms with Gasteiger partial charge in [-0.3, -0.25) is 9.59 Å². The molecule has 150 valence electrons. The molecule has 0 radical (unpaired) electrons. The van der Waals surface area contributed by atoms with Crippen LogP contribution < -0.4 is 15.8 Å². The summed E-state index contributed by atoms with van der Waals surface area (Å²) in [5.74, 6) is -0.0962. The molecule has 3 N–H and O–H groups in total. The van der Waals surface area contributed by atoms with Gasteiger partial charge in [-0.15, -0.1) is 0 Å². The van der Waals surface area contributed by atoms with Gasteiger partial charge in [0.05, 0.1) is 24.2 Å². The zero-order chi connectivity index (χ0) is 21.3. The van der Waals surface area contributed by atoms with Crippen molar-refractivity contribution in [3.8, 4) is 11.8 Å². The van der Waals surface area contributed by atoms with E-state index >= 15 is 0 Å². The van der Waals surface area contributed by atoms with Gasteiger partial charge in [-0.1, -0.05) is 36.0 Å². The number of amides is 2. The van der Waals surface area contributed by atoms with Gasteiger partial charge < -0.3 is 15.8 Å². The highest BCUT2D eigenvalue weighted by Gasteiger charge is 2.14. The van der Waals surface area contributed by atoms with E-state index in [0.29, 0.717) is 22.6 Å². The van der Waals surface area contributed by atoms with Crippen molar-refractivity contribution >= 4 is 29.3 Å². The molecule has 6 nitrogen and oxygen atoms in total. The highest BCUT2D eigenvalue weighted by atomic mass is 32.2. The minimum atomic E-state index is -0.423. The first-order valence-corrected chi connectivity index (χ1v) is 9.97. The average molecular weight is 417 g/mol. The van der Waals surface area contributed by atoms with Gasteiger partial charge in [0.25, 0.3) is 5.91 Å². The fourth-order valence-corrected chi connectivity index (χ4v) is 3.64. The zero-order valence-electron chi connectivity index (χ0n) is 16.0. The van der Waals surface area contributed by atoms with E-state index in [1.54, 1.807) is 42.5 Å². The third kappa shape index (κ3) is 5.63. The molecule has 30 heavy (non-hydrogen) atoms. The highest BCUT2D eigenvalue weighted by Crippen LogP contribution is 2.33. The molecule has 0 fully saturated rings. The van der Waals surface area contributed by atoms with Crippen molar-refractivity contribution in [3.63, 3.8) is 0 Å². The lowest BCUT2D eigenvalue weighted by Crippen LogP contribution is -2.14. The second-order valence-electron chi connectivity index (χ2n) is 6.25. The number of nitrogens with zero attached hydrogens (tertiary/aromatic N) is 1. The zero-order valence-corrected chi connectivity index (χ0v) is 16.8. The summed E-state index contributed by atoms with van der Waals surface area (Å²) in [6, 6.07) is 23.5. The van der Waals surface area contributed by atoms with E-state index in [0.717, 1.165) is 9.79 Å². The molecule has 0 bridgehead atoms. The Labute approximate surface area is 178 Å². The van der Waals surface area contributed by atoms with Crippen LogP contribution in [0, 0.1) is 11.3 Å². The molecule has 0 unspecified atom stereocenters. The van der Waals surface area contributed by atoms with Crippen molar-refractivity contribution in [3.05, 3.63) is 83.9 Å². The second kappa shape index (κ2) is 10.1. The van der Waals surface area contributed by atoms with Gasteiger partial charge in [0, 0.05) is 15.5 Å². The standard InChI is InChI=1S/C23H19N3O3S/c24-15-16-5-1-3-7-20(16)30-21-8-4-2-6-19(21)23(28)26-17-9-11-18(12-10-17)29-14-13-22(25)27/h1-12H,13-14H2,(H2,25,27)(H,26,28). The molecule has 0 saturated heterocycles. The SMILES string of the molecule is N#Cc1ccccc1Sc1ccccc1C(=O)Nc1ccc(OCCC(N)=O)cc1. The molecule has 0 aliphatic rings. The largest absolute Gasteiger partial charge is 0.493 e. The molecule has 0 saturated carbocycles. The fraction of sp³-hybridized carbons (Fsp3) is 0.0870. The van der Waals surface area contributed by atoms with Crippen LogP contribution in [0.25, 0.3) is 0 Å². The number of carbonyl (C=O) groups is 2. The van der Waals surface area contributed by atoms with Crippen LogP contribution in [0.15, 0.2) is 82.6 Å². The second-order valence-corrected chi connectivity index (χ2v) is 7.33. The van der Waals surface area contributed by atoms with Crippen LogP contribution in [0.4, 0.5) is 5.69 Å². The molecule has 0 heterocycles. The molecule has 3 rings (SSSR count). The van der Waals surface area contributed by atoms with Crippen LogP contribution in [-0.2, 0) is 4.79 Å². The van der Waals surface area contributed by atoms with Gasteiger partial charge in [0.15, 0.2) is 0 Å². The monoisotopic (exact) mass is 417 g/mol. The molecule has 7 heteroatoms. The molecule has 0 spiro atoms. The third-order valence-corrected chi connectivity index (χ3v) is 5.24. The number of benzene rings is 3. The molecular weight excluding hydrogens is 398 g/mol. The molecule has 3 aromatic carbocycles. The van der Waals surface area contributed by atoms with E-state index in [9.17, 15) is 14.9 Å². The number of nitrogens with one attached hydrogen (secondary N) is 1. The molecule has 0 aromatic heterocycles. The van der Waals surface area contributed by atoms with Crippen LogP contribution in [0.5, 0.6) is 5.75 Å². The molecule has 2 amide bonds. The summed E-state index contributed by atoms with van der Waals surface area (Å²) in [4.78, 5) is 25.1. The Morgan fingerprint density at radius 2 is 1.63 bits per heavy atom. The van der Waals surface area contributed by atoms with Crippen LogP contribution in [-0.4, -0.2) is 18.4 Å².